The Balaban J connectivity index is 1.49. The average molecular weight is 456 g/mol. The van der Waals surface area contributed by atoms with Gasteiger partial charge in [-0.25, -0.2) is 9.37 Å². The molecule has 4 aromatic rings. The molecule has 3 aromatic carbocycles. The van der Waals surface area contributed by atoms with Gasteiger partial charge in [0.15, 0.2) is 0 Å². The van der Waals surface area contributed by atoms with Crippen LogP contribution in [0, 0.1) is 5.82 Å². The molecule has 4 N–H and O–H groups in total. The van der Waals surface area contributed by atoms with Crippen molar-refractivity contribution >= 4 is 5.78 Å². The number of nitrogens with two attached hydrogens (primary N) is 1. The van der Waals surface area contributed by atoms with E-state index in [4.69, 9.17) is 5.73 Å². The first kappa shape index (κ1) is 22.2. The Morgan fingerprint density at radius 3 is 2.79 bits per heavy atom. The molecule has 1 aliphatic heterocycles. The molecular weight excluding hydrogens is 429 g/mol. The fourth-order valence-corrected chi connectivity index (χ4v) is 4.56. The zero-order valence-electron chi connectivity index (χ0n) is 18.9. The largest absolute Gasteiger partial charge is 0.326 e. The van der Waals surface area contributed by atoms with Crippen molar-refractivity contribution in [1.29, 1.82) is 0 Å². The molecule has 1 aromatic heterocycles. The smallest absolute Gasteiger partial charge is 0.203 e. The molecule has 6 nitrogen and oxygen atoms in total. The second kappa shape index (κ2) is 9.30. The Kier molecular flexibility index (Phi) is 6.06. The lowest BCUT2D eigenvalue weighted by Crippen LogP contribution is -2.36. The van der Waals surface area contributed by atoms with Crippen molar-refractivity contribution in [2.75, 3.05) is 7.05 Å². The van der Waals surface area contributed by atoms with Crippen LogP contribution in [0.5, 0.6) is 0 Å². The minimum absolute atomic E-state index is 0.209. The number of hydrogen-bond acceptors (Lipinski definition) is 5. The van der Waals surface area contributed by atoms with E-state index < -0.39 is 11.9 Å². The van der Waals surface area contributed by atoms with Crippen LogP contribution in [-0.2, 0) is 19.6 Å². The first-order valence-corrected chi connectivity index (χ1v) is 11.3. The lowest BCUT2D eigenvalue weighted by molar-refractivity contribution is 0.0920. The normalized spacial score (nSPS) is 15.4. The molecule has 2 heterocycles. The number of fused-ring (bicyclic) bond motifs is 1. The van der Waals surface area contributed by atoms with Crippen molar-refractivity contribution in [3.05, 3.63) is 107 Å². The summed E-state index contributed by atoms with van der Waals surface area (Å²) in [5.41, 5.74) is 11.8. The zero-order chi connectivity index (χ0) is 23.7. The van der Waals surface area contributed by atoms with Crippen molar-refractivity contribution < 1.29 is 9.18 Å². The number of halogens is 1. The molecular formula is C27H26FN5O. The lowest BCUT2D eigenvalue weighted by atomic mass is 9.92. The molecule has 5 rings (SSSR count). The van der Waals surface area contributed by atoms with Gasteiger partial charge in [0.25, 0.3) is 0 Å². The van der Waals surface area contributed by atoms with E-state index in [9.17, 15) is 4.79 Å². The number of benzene rings is 3. The second-order valence-corrected chi connectivity index (χ2v) is 8.39. The maximum Gasteiger partial charge on any atom is 0.203 e. The van der Waals surface area contributed by atoms with Crippen molar-refractivity contribution in [3.63, 3.8) is 0 Å². The second-order valence-electron chi connectivity index (χ2n) is 8.39. The highest BCUT2D eigenvalue weighted by molar-refractivity contribution is 6.01. The first-order valence-electron chi connectivity index (χ1n) is 11.3. The maximum atomic E-state index is 15.4. The van der Waals surface area contributed by atoms with E-state index in [-0.39, 0.29) is 5.78 Å². The van der Waals surface area contributed by atoms with Crippen LogP contribution < -0.4 is 16.4 Å². The van der Waals surface area contributed by atoms with Gasteiger partial charge < -0.3 is 11.1 Å². The summed E-state index contributed by atoms with van der Waals surface area (Å²) in [4.78, 5) is 18.0. The number of nitrogens with one attached hydrogen (secondary N) is 2. The van der Waals surface area contributed by atoms with Gasteiger partial charge in [0.2, 0.25) is 5.78 Å². The van der Waals surface area contributed by atoms with Crippen molar-refractivity contribution in [3.8, 4) is 16.8 Å². The highest BCUT2D eigenvalue weighted by Crippen LogP contribution is 2.32. The third-order valence-electron chi connectivity index (χ3n) is 6.24. The Morgan fingerprint density at radius 1 is 1.15 bits per heavy atom. The molecule has 0 spiro atoms. The van der Waals surface area contributed by atoms with E-state index in [0.29, 0.717) is 36.6 Å². The van der Waals surface area contributed by atoms with E-state index in [2.05, 4.69) is 15.6 Å². The molecule has 0 bridgehead atoms. The number of aromatic nitrogens is 2. The van der Waals surface area contributed by atoms with Crippen LogP contribution in [0.2, 0.25) is 0 Å². The molecule has 1 unspecified atom stereocenters. The Labute approximate surface area is 197 Å². The highest BCUT2D eigenvalue weighted by Gasteiger charge is 2.34. The quantitative estimate of drug-likeness (QED) is 0.411. The van der Waals surface area contributed by atoms with E-state index in [1.165, 1.54) is 6.07 Å². The minimum Gasteiger partial charge on any atom is -0.326 e. The van der Waals surface area contributed by atoms with Gasteiger partial charge in [0.1, 0.15) is 23.9 Å². The van der Waals surface area contributed by atoms with Crippen LogP contribution in [0.3, 0.4) is 0 Å². The van der Waals surface area contributed by atoms with E-state index in [0.717, 1.165) is 27.9 Å². The molecule has 0 amide bonds. The summed E-state index contributed by atoms with van der Waals surface area (Å²) in [5, 5.41) is 6.31. The van der Waals surface area contributed by atoms with Gasteiger partial charge in [-0.2, -0.15) is 0 Å². The van der Waals surface area contributed by atoms with Crippen molar-refractivity contribution in [2.45, 2.75) is 25.7 Å². The number of rotatable bonds is 6. The number of carbonyl (C=O) groups excluding carboxylic acids is 1. The van der Waals surface area contributed by atoms with Gasteiger partial charge in [0, 0.05) is 30.9 Å². The van der Waals surface area contributed by atoms with Crippen LogP contribution in [0.1, 0.15) is 38.9 Å². The number of imidazole rings is 1. The van der Waals surface area contributed by atoms with E-state index in [1.54, 1.807) is 17.0 Å². The van der Waals surface area contributed by atoms with Gasteiger partial charge in [-0.05, 0) is 47.5 Å². The number of carbonyl (C=O) groups is 1. The lowest BCUT2D eigenvalue weighted by Gasteiger charge is -2.24. The monoisotopic (exact) mass is 455 g/mol. The molecule has 0 fully saturated rings. The Hall–Kier alpha value is -3.65. The molecule has 1 aliphatic rings. The van der Waals surface area contributed by atoms with E-state index >= 15 is 4.39 Å². The molecule has 34 heavy (non-hydrogen) atoms. The summed E-state index contributed by atoms with van der Waals surface area (Å²) in [6.45, 7) is 1.46. The topological polar surface area (TPSA) is 85.0 Å². The van der Waals surface area contributed by atoms with Gasteiger partial charge in [0.05, 0.1) is 5.69 Å². The fraction of sp³-hybridized carbons (Fsp3) is 0.185. The summed E-state index contributed by atoms with van der Waals surface area (Å²) < 4.78 is 17.2. The fourth-order valence-electron chi connectivity index (χ4n) is 4.56. The van der Waals surface area contributed by atoms with Crippen LogP contribution in [0.4, 0.5) is 4.39 Å². The highest BCUT2D eigenvalue weighted by atomic mass is 19.1. The van der Waals surface area contributed by atoms with Crippen LogP contribution in [0.15, 0.2) is 73.1 Å². The molecule has 0 saturated heterocycles. The predicted octanol–water partition coefficient (Wildman–Crippen LogP) is 3.88. The van der Waals surface area contributed by atoms with Crippen molar-refractivity contribution in [1.82, 2.24) is 20.2 Å². The molecule has 0 saturated carbocycles. The molecule has 0 radical (unpaired) electrons. The van der Waals surface area contributed by atoms with Crippen LogP contribution in [-0.4, -0.2) is 22.4 Å². The van der Waals surface area contributed by atoms with Crippen LogP contribution in [0.25, 0.3) is 16.8 Å². The van der Waals surface area contributed by atoms with Gasteiger partial charge in [-0.3, -0.25) is 14.7 Å². The van der Waals surface area contributed by atoms with Gasteiger partial charge >= 0.3 is 0 Å². The number of nitrogens with zero attached hydrogens (tertiary/aromatic N) is 2. The molecule has 7 heteroatoms. The zero-order valence-corrected chi connectivity index (χ0v) is 18.9. The summed E-state index contributed by atoms with van der Waals surface area (Å²) >= 11 is 0. The summed E-state index contributed by atoms with van der Waals surface area (Å²) in [5.74, 6) is -0.624. The maximum absolute atomic E-state index is 15.4. The third-order valence-corrected chi connectivity index (χ3v) is 6.24. The van der Waals surface area contributed by atoms with Crippen molar-refractivity contribution in [2.24, 2.45) is 5.73 Å². The summed E-state index contributed by atoms with van der Waals surface area (Å²) in [6.07, 6.45) is 1.64. The van der Waals surface area contributed by atoms with Crippen LogP contribution >= 0.6 is 0 Å². The number of Topliss-reactive ketones (excluding diaryl/α,β-unsaturated/α-hetero) is 1. The van der Waals surface area contributed by atoms with Gasteiger partial charge in [-0.1, -0.05) is 48.5 Å². The molecule has 1 atom stereocenters. The van der Waals surface area contributed by atoms with E-state index in [1.807, 2.05) is 61.6 Å². The third kappa shape index (κ3) is 3.94. The van der Waals surface area contributed by atoms with Gasteiger partial charge in [-0.15, -0.1) is 0 Å². The molecule has 0 aliphatic carbocycles. The number of hydrogen-bond donors (Lipinski definition) is 3. The summed E-state index contributed by atoms with van der Waals surface area (Å²) in [6, 6.07) is 19.9. The predicted molar refractivity (Wildman–Crippen MR) is 130 cm³/mol. The summed E-state index contributed by atoms with van der Waals surface area (Å²) in [7, 11) is 1.88. The Bertz CT molecular complexity index is 1360. The minimum atomic E-state index is -0.790. The standard InChI is InChI=1S/C27H26FN5O/c1-30-14-19-6-2-3-8-21(19)18-9-10-22(23(28)12-18)25-27(34)26-24(15-31-25)32-16-33(26)20-7-4-5-17(11-20)13-29/h2-12,16,25,30-31H,13-15,29H2,1H3. The SMILES string of the molecule is CNCc1ccccc1-c1ccc(C2NCc3ncn(-c4cccc(CN)c4)c3C2=O)c(F)c1. The molecule has 172 valence electrons. The average Bonchev–Trinajstić information content (AvgIpc) is 3.30. The Morgan fingerprint density at radius 2 is 2.00 bits per heavy atom. The first-order chi connectivity index (χ1) is 16.6. The number of ketones is 1.